The summed E-state index contributed by atoms with van der Waals surface area (Å²) < 4.78 is 0. The summed E-state index contributed by atoms with van der Waals surface area (Å²) in [7, 11) is 0. The molecule has 0 aromatic carbocycles. The van der Waals surface area contributed by atoms with Gasteiger partial charge in [0.15, 0.2) is 0 Å². The average molecular weight is 199 g/mol. The van der Waals surface area contributed by atoms with E-state index in [1.54, 1.807) is 6.92 Å². The maximum atomic E-state index is 11.7. The minimum atomic E-state index is -0.798. The van der Waals surface area contributed by atoms with E-state index in [1.165, 1.54) is 4.90 Å². The van der Waals surface area contributed by atoms with Crippen molar-refractivity contribution >= 4 is 5.91 Å². The van der Waals surface area contributed by atoms with Crippen LogP contribution in [0.5, 0.6) is 0 Å². The number of allylic oxidation sites excluding steroid dienone is 1. The highest BCUT2D eigenvalue weighted by molar-refractivity contribution is 5.93. The predicted molar refractivity (Wildman–Crippen MR) is 52.6 cm³/mol. The molecule has 4 nitrogen and oxygen atoms in total. The van der Waals surface area contributed by atoms with Gasteiger partial charge in [-0.25, -0.2) is 0 Å². The second kappa shape index (κ2) is 4.57. The summed E-state index contributed by atoms with van der Waals surface area (Å²) in [6, 6.07) is 0. The molecule has 1 rings (SSSR count). The van der Waals surface area contributed by atoms with E-state index in [0.29, 0.717) is 5.57 Å². The van der Waals surface area contributed by atoms with Crippen LogP contribution in [-0.4, -0.2) is 46.3 Å². The third-order valence-corrected chi connectivity index (χ3v) is 2.39. The Hall–Kier alpha value is -0.870. The molecule has 0 aromatic rings. The Morgan fingerprint density at radius 1 is 1.43 bits per heavy atom. The molecule has 0 aliphatic carbocycles. The van der Waals surface area contributed by atoms with Crippen LogP contribution in [0, 0.1) is 0 Å². The average Bonchev–Trinajstić information content (AvgIpc) is 2.46. The number of rotatable bonds is 2. The summed E-state index contributed by atoms with van der Waals surface area (Å²) in [6.45, 7) is 4.18. The smallest absolute Gasteiger partial charge is 0.249 e. The number of amides is 1. The lowest BCUT2D eigenvalue weighted by Crippen LogP contribution is -2.30. The molecule has 0 radical (unpaired) electrons. The highest BCUT2D eigenvalue weighted by Gasteiger charge is 2.32. The van der Waals surface area contributed by atoms with Crippen LogP contribution in [0.25, 0.3) is 0 Å². The molecule has 1 aliphatic heterocycles. The maximum Gasteiger partial charge on any atom is 0.249 e. The van der Waals surface area contributed by atoms with Crippen molar-refractivity contribution in [1.82, 2.24) is 4.90 Å². The van der Waals surface area contributed by atoms with Crippen LogP contribution in [0.3, 0.4) is 0 Å². The number of aliphatic hydroxyl groups is 2. The molecule has 1 fully saturated rings. The molecule has 2 unspecified atom stereocenters. The summed E-state index contributed by atoms with van der Waals surface area (Å²) in [4.78, 5) is 13.1. The van der Waals surface area contributed by atoms with E-state index >= 15 is 0 Å². The first-order valence-corrected chi connectivity index (χ1v) is 4.88. The molecular formula is C10H17NO3. The second-order valence-electron chi connectivity index (χ2n) is 3.64. The van der Waals surface area contributed by atoms with Crippen LogP contribution < -0.4 is 0 Å². The fourth-order valence-corrected chi connectivity index (χ4v) is 1.58. The van der Waals surface area contributed by atoms with Crippen LogP contribution in [0.2, 0.25) is 0 Å². The molecule has 0 spiro atoms. The Kier molecular flexibility index (Phi) is 3.66. The minimum absolute atomic E-state index is 0.0950. The SMILES string of the molecule is CC/C=C(/C)C(=O)N1CC(O)C(O)C1. The van der Waals surface area contributed by atoms with Crippen molar-refractivity contribution < 1.29 is 15.0 Å². The lowest BCUT2D eigenvalue weighted by molar-refractivity contribution is -0.126. The number of likely N-dealkylation sites (tertiary alicyclic amines) is 1. The fraction of sp³-hybridized carbons (Fsp3) is 0.700. The highest BCUT2D eigenvalue weighted by Crippen LogP contribution is 2.13. The van der Waals surface area contributed by atoms with Crippen molar-refractivity contribution in [3.63, 3.8) is 0 Å². The first-order chi connectivity index (χ1) is 6.56. The highest BCUT2D eigenvalue weighted by atomic mass is 16.3. The quantitative estimate of drug-likeness (QED) is 0.611. The number of nitrogens with zero attached hydrogens (tertiary/aromatic N) is 1. The first kappa shape index (κ1) is 11.2. The van der Waals surface area contributed by atoms with E-state index in [1.807, 2.05) is 13.0 Å². The van der Waals surface area contributed by atoms with Gasteiger partial charge < -0.3 is 15.1 Å². The lowest BCUT2D eigenvalue weighted by Gasteiger charge is -2.15. The normalized spacial score (nSPS) is 28.3. The van der Waals surface area contributed by atoms with Crippen molar-refractivity contribution in [2.45, 2.75) is 32.5 Å². The van der Waals surface area contributed by atoms with Crippen molar-refractivity contribution in [3.05, 3.63) is 11.6 Å². The molecule has 14 heavy (non-hydrogen) atoms. The second-order valence-corrected chi connectivity index (χ2v) is 3.64. The number of carbonyl (C=O) groups is 1. The molecule has 1 amide bonds. The maximum absolute atomic E-state index is 11.7. The molecule has 1 heterocycles. The van der Waals surface area contributed by atoms with E-state index in [9.17, 15) is 15.0 Å². The van der Waals surface area contributed by atoms with Crippen molar-refractivity contribution in [2.24, 2.45) is 0 Å². The van der Waals surface area contributed by atoms with E-state index in [-0.39, 0.29) is 19.0 Å². The van der Waals surface area contributed by atoms with Gasteiger partial charge in [-0.3, -0.25) is 4.79 Å². The van der Waals surface area contributed by atoms with E-state index in [0.717, 1.165) is 6.42 Å². The summed E-state index contributed by atoms with van der Waals surface area (Å²) in [5.74, 6) is -0.0950. The van der Waals surface area contributed by atoms with Crippen LogP contribution in [0.1, 0.15) is 20.3 Å². The van der Waals surface area contributed by atoms with Crippen LogP contribution in [0.4, 0.5) is 0 Å². The zero-order valence-corrected chi connectivity index (χ0v) is 8.60. The van der Waals surface area contributed by atoms with Crippen molar-refractivity contribution in [1.29, 1.82) is 0 Å². The van der Waals surface area contributed by atoms with E-state index < -0.39 is 12.2 Å². The van der Waals surface area contributed by atoms with E-state index in [2.05, 4.69) is 0 Å². The van der Waals surface area contributed by atoms with Gasteiger partial charge in [-0.15, -0.1) is 0 Å². The zero-order valence-electron chi connectivity index (χ0n) is 8.60. The zero-order chi connectivity index (χ0) is 10.7. The van der Waals surface area contributed by atoms with Crippen molar-refractivity contribution in [3.8, 4) is 0 Å². The molecule has 0 aromatic heterocycles. The van der Waals surface area contributed by atoms with Crippen LogP contribution in [0.15, 0.2) is 11.6 Å². The molecule has 0 saturated carbocycles. The monoisotopic (exact) mass is 199 g/mol. The van der Waals surface area contributed by atoms with Crippen molar-refractivity contribution in [2.75, 3.05) is 13.1 Å². The third-order valence-electron chi connectivity index (χ3n) is 2.39. The van der Waals surface area contributed by atoms with Crippen LogP contribution >= 0.6 is 0 Å². The molecular weight excluding hydrogens is 182 g/mol. The summed E-state index contributed by atoms with van der Waals surface area (Å²) >= 11 is 0. The van der Waals surface area contributed by atoms with Gasteiger partial charge in [-0.2, -0.15) is 0 Å². The number of hydrogen-bond acceptors (Lipinski definition) is 3. The van der Waals surface area contributed by atoms with Gasteiger partial charge in [0.25, 0.3) is 0 Å². The fourth-order valence-electron chi connectivity index (χ4n) is 1.58. The minimum Gasteiger partial charge on any atom is -0.388 e. The third kappa shape index (κ3) is 2.33. The Bertz CT molecular complexity index is 240. The molecule has 2 N–H and O–H groups in total. The van der Waals surface area contributed by atoms with Crippen LogP contribution in [-0.2, 0) is 4.79 Å². The predicted octanol–water partition coefficient (Wildman–Crippen LogP) is -0.0933. The number of aliphatic hydroxyl groups excluding tert-OH is 2. The van der Waals surface area contributed by atoms with Gasteiger partial charge in [0, 0.05) is 18.7 Å². The van der Waals surface area contributed by atoms with Gasteiger partial charge in [-0.1, -0.05) is 13.0 Å². The topological polar surface area (TPSA) is 60.8 Å². The Morgan fingerprint density at radius 3 is 2.36 bits per heavy atom. The van der Waals surface area contributed by atoms with Gasteiger partial charge in [0.05, 0.1) is 12.2 Å². The Balaban J connectivity index is 2.59. The summed E-state index contributed by atoms with van der Waals surface area (Å²) in [5.41, 5.74) is 0.675. The molecule has 1 aliphatic rings. The van der Waals surface area contributed by atoms with Gasteiger partial charge >= 0.3 is 0 Å². The summed E-state index contributed by atoms with van der Waals surface area (Å²) in [6.07, 6.45) is 1.07. The summed E-state index contributed by atoms with van der Waals surface area (Å²) in [5, 5.41) is 18.5. The number of hydrogen-bond donors (Lipinski definition) is 2. The number of carbonyl (C=O) groups excluding carboxylic acids is 1. The molecule has 80 valence electrons. The largest absolute Gasteiger partial charge is 0.388 e. The molecule has 4 heteroatoms. The van der Waals surface area contributed by atoms with Gasteiger partial charge in [0.2, 0.25) is 5.91 Å². The number of β-amino-alcohol motifs (C(OH)–C–C–N with tert-alkyl or cyclic N) is 2. The Labute approximate surface area is 83.8 Å². The molecule has 2 atom stereocenters. The van der Waals surface area contributed by atoms with Gasteiger partial charge in [-0.05, 0) is 13.3 Å². The first-order valence-electron chi connectivity index (χ1n) is 4.88. The van der Waals surface area contributed by atoms with E-state index in [4.69, 9.17) is 0 Å². The molecule has 1 saturated heterocycles. The lowest BCUT2D eigenvalue weighted by atomic mass is 10.2. The molecule has 0 bridgehead atoms. The van der Waals surface area contributed by atoms with Gasteiger partial charge in [0.1, 0.15) is 0 Å². The Morgan fingerprint density at radius 2 is 1.93 bits per heavy atom. The standard InChI is InChI=1S/C10H17NO3/c1-3-4-7(2)10(14)11-5-8(12)9(13)6-11/h4,8-9,12-13H,3,5-6H2,1-2H3/b7-4-.